The Morgan fingerprint density at radius 1 is 1.16 bits per heavy atom. The quantitative estimate of drug-likeness (QED) is 0.473. The van der Waals surface area contributed by atoms with Gasteiger partial charge in [0.25, 0.3) is 0 Å². The molecule has 1 unspecified atom stereocenters. The van der Waals surface area contributed by atoms with Crippen molar-refractivity contribution in [3.63, 3.8) is 0 Å². The lowest BCUT2D eigenvalue weighted by Crippen LogP contribution is -2.42. The van der Waals surface area contributed by atoms with Gasteiger partial charge >= 0.3 is 6.03 Å². The number of ether oxygens (including phenoxy) is 1. The zero-order chi connectivity index (χ0) is 23.1. The standard InChI is InChI=1S/C22H24ClN5O3S/c1-4-24-21(30)25-20(29)14(3)32-22-27-26-19(15-7-6-8-16(23)13-15)28(22)17-9-11-18(12-10-17)31-5-2/h6-14H,4-5H2,1-3H3,(H2,24,25,29,30). The molecule has 0 bridgehead atoms. The largest absolute Gasteiger partial charge is 0.494 e. The van der Waals surface area contributed by atoms with Crippen LogP contribution in [0.3, 0.4) is 0 Å². The van der Waals surface area contributed by atoms with Gasteiger partial charge in [0, 0.05) is 22.8 Å². The minimum Gasteiger partial charge on any atom is -0.494 e. The highest BCUT2D eigenvalue weighted by molar-refractivity contribution is 8.00. The average Bonchev–Trinajstić information content (AvgIpc) is 3.18. The summed E-state index contributed by atoms with van der Waals surface area (Å²) < 4.78 is 7.39. The Labute approximate surface area is 195 Å². The van der Waals surface area contributed by atoms with Gasteiger partial charge in [0.15, 0.2) is 11.0 Å². The fraction of sp³-hybridized carbons (Fsp3) is 0.273. The Morgan fingerprint density at radius 2 is 1.91 bits per heavy atom. The lowest BCUT2D eigenvalue weighted by Gasteiger charge is -2.14. The van der Waals surface area contributed by atoms with Crippen LogP contribution < -0.4 is 15.4 Å². The van der Waals surface area contributed by atoms with Crippen LogP contribution in [-0.2, 0) is 4.79 Å². The number of imide groups is 1. The van der Waals surface area contributed by atoms with E-state index in [0.717, 1.165) is 17.0 Å². The second-order valence-electron chi connectivity index (χ2n) is 6.69. The Kier molecular flexibility index (Phi) is 8.13. The van der Waals surface area contributed by atoms with E-state index in [0.29, 0.717) is 29.2 Å². The second-order valence-corrected chi connectivity index (χ2v) is 8.43. The first-order chi connectivity index (χ1) is 15.4. The van der Waals surface area contributed by atoms with Crippen molar-refractivity contribution in [2.45, 2.75) is 31.2 Å². The number of rotatable bonds is 8. The first kappa shape index (κ1) is 23.6. The van der Waals surface area contributed by atoms with Crippen molar-refractivity contribution in [1.82, 2.24) is 25.4 Å². The molecule has 32 heavy (non-hydrogen) atoms. The molecule has 0 fully saturated rings. The molecule has 10 heteroatoms. The van der Waals surface area contributed by atoms with Gasteiger partial charge in [0.1, 0.15) is 5.75 Å². The zero-order valence-electron chi connectivity index (χ0n) is 18.0. The van der Waals surface area contributed by atoms with Crippen LogP contribution >= 0.6 is 23.4 Å². The fourth-order valence-electron chi connectivity index (χ4n) is 2.88. The highest BCUT2D eigenvalue weighted by Gasteiger charge is 2.23. The number of benzene rings is 2. The van der Waals surface area contributed by atoms with Gasteiger partial charge in [-0.15, -0.1) is 10.2 Å². The van der Waals surface area contributed by atoms with Crippen molar-refractivity contribution in [3.05, 3.63) is 53.6 Å². The topological polar surface area (TPSA) is 98.1 Å². The molecular weight excluding hydrogens is 450 g/mol. The van der Waals surface area contributed by atoms with Crippen LogP contribution in [0.4, 0.5) is 4.79 Å². The monoisotopic (exact) mass is 473 g/mol. The van der Waals surface area contributed by atoms with Crippen molar-refractivity contribution in [3.8, 4) is 22.8 Å². The summed E-state index contributed by atoms with van der Waals surface area (Å²) in [5, 5.41) is 14.0. The van der Waals surface area contributed by atoms with Crippen molar-refractivity contribution < 1.29 is 14.3 Å². The fourth-order valence-corrected chi connectivity index (χ4v) is 3.94. The molecule has 1 atom stereocenters. The number of hydrogen-bond donors (Lipinski definition) is 2. The third kappa shape index (κ3) is 5.80. The minimum absolute atomic E-state index is 0.425. The zero-order valence-corrected chi connectivity index (χ0v) is 19.5. The Balaban J connectivity index is 1.95. The number of halogens is 1. The van der Waals surface area contributed by atoms with E-state index < -0.39 is 17.2 Å². The third-order valence-electron chi connectivity index (χ3n) is 4.35. The second kappa shape index (κ2) is 11.0. The first-order valence-electron chi connectivity index (χ1n) is 10.1. The molecule has 0 aliphatic rings. The van der Waals surface area contributed by atoms with Crippen LogP contribution in [0.1, 0.15) is 20.8 Å². The van der Waals surface area contributed by atoms with E-state index in [4.69, 9.17) is 16.3 Å². The van der Waals surface area contributed by atoms with Gasteiger partial charge in [0.2, 0.25) is 5.91 Å². The van der Waals surface area contributed by atoms with Gasteiger partial charge in [-0.05, 0) is 57.2 Å². The van der Waals surface area contributed by atoms with Gasteiger partial charge in [-0.2, -0.15) is 0 Å². The van der Waals surface area contributed by atoms with Crippen molar-refractivity contribution in [2.75, 3.05) is 13.2 Å². The van der Waals surface area contributed by atoms with Gasteiger partial charge in [-0.25, -0.2) is 4.79 Å². The molecule has 2 aromatic carbocycles. The molecule has 8 nitrogen and oxygen atoms in total. The molecule has 1 aromatic heterocycles. The number of carbonyl (C=O) groups excluding carboxylic acids is 2. The van der Waals surface area contributed by atoms with Crippen LogP contribution in [0, 0.1) is 0 Å². The van der Waals surface area contributed by atoms with Crippen molar-refractivity contribution >= 4 is 35.3 Å². The normalized spacial score (nSPS) is 11.6. The van der Waals surface area contributed by atoms with Crippen LogP contribution in [-0.4, -0.2) is 45.1 Å². The molecule has 2 N–H and O–H groups in total. The summed E-state index contributed by atoms with van der Waals surface area (Å²) >= 11 is 7.39. The van der Waals surface area contributed by atoms with Gasteiger partial charge < -0.3 is 10.1 Å². The summed E-state index contributed by atoms with van der Waals surface area (Å²) in [5.41, 5.74) is 1.58. The van der Waals surface area contributed by atoms with E-state index in [9.17, 15) is 9.59 Å². The smallest absolute Gasteiger partial charge is 0.321 e. The van der Waals surface area contributed by atoms with Crippen molar-refractivity contribution in [2.24, 2.45) is 0 Å². The Bertz CT molecular complexity index is 1090. The lowest BCUT2D eigenvalue weighted by molar-refractivity contribution is -0.119. The van der Waals surface area contributed by atoms with Crippen LogP contribution in [0.5, 0.6) is 5.75 Å². The molecule has 3 rings (SSSR count). The third-order valence-corrected chi connectivity index (χ3v) is 5.63. The summed E-state index contributed by atoms with van der Waals surface area (Å²) in [6.45, 7) is 6.40. The maximum Gasteiger partial charge on any atom is 0.321 e. The van der Waals surface area contributed by atoms with Gasteiger partial charge in [-0.3, -0.25) is 14.7 Å². The molecular formula is C22H24ClN5O3S. The highest BCUT2D eigenvalue weighted by atomic mass is 35.5. The van der Waals surface area contributed by atoms with Crippen LogP contribution in [0.2, 0.25) is 5.02 Å². The summed E-state index contributed by atoms with van der Waals surface area (Å²) in [6, 6.07) is 14.3. The minimum atomic E-state index is -0.588. The Morgan fingerprint density at radius 3 is 2.56 bits per heavy atom. The number of carbonyl (C=O) groups is 2. The first-order valence-corrected chi connectivity index (χ1v) is 11.4. The molecule has 168 valence electrons. The van der Waals surface area contributed by atoms with E-state index in [1.807, 2.05) is 47.9 Å². The molecule has 3 aromatic rings. The number of nitrogens with zero attached hydrogens (tertiary/aromatic N) is 3. The SMILES string of the molecule is CCNC(=O)NC(=O)C(C)Sc1nnc(-c2cccc(Cl)c2)n1-c1ccc(OCC)cc1. The molecule has 0 aliphatic carbocycles. The van der Waals surface area contributed by atoms with Gasteiger partial charge in [-0.1, -0.05) is 35.5 Å². The number of urea groups is 1. The number of amides is 3. The molecule has 0 saturated carbocycles. The van der Waals surface area contributed by atoms with Gasteiger partial charge in [0.05, 0.1) is 11.9 Å². The molecule has 0 radical (unpaired) electrons. The average molecular weight is 474 g/mol. The van der Waals surface area contributed by atoms with E-state index in [1.165, 1.54) is 11.8 Å². The summed E-state index contributed by atoms with van der Waals surface area (Å²) in [6.07, 6.45) is 0. The molecule has 0 spiro atoms. The predicted molar refractivity (Wildman–Crippen MR) is 126 cm³/mol. The van der Waals surface area contributed by atoms with E-state index in [1.54, 1.807) is 26.0 Å². The molecule has 0 saturated heterocycles. The number of hydrogen-bond acceptors (Lipinski definition) is 6. The Hall–Kier alpha value is -3.04. The summed E-state index contributed by atoms with van der Waals surface area (Å²) in [5.74, 6) is 0.902. The maximum absolute atomic E-state index is 12.4. The van der Waals surface area contributed by atoms with Crippen LogP contribution in [0.15, 0.2) is 53.7 Å². The van der Waals surface area contributed by atoms with E-state index >= 15 is 0 Å². The summed E-state index contributed by atoms with van der Waals surface area (Å²) in [7, 11) is 0. The van der Waals surface area contributed by atoms with Crippen LogP contribution in [0.25, 0.3) is 17.1 Å². The van der Waals surface area contributed by atoms with E-state index in [2.05, 4.69) is 20.8 Å². The summed E-state index contributed by atoms with van der Waals surface area (Å²) in [4.78, 5) is 24.1. The van der Waals surface area contributed by atoms with E-state index in [-0.39, 0.29) is 0 Å². The van der Waals surface area contributed by atoms with Crippen molar-refractivity contribution in [1.29, 1.82) is 0 Å². The molecule has 1 heterocycles. The highest BCUT2D eigenvalue weighted by Crippen LogP contribution is 2.31. The number of nitrogens with one attached hydrogen (secondary N) is 2. The molecule has 0 aliphatic heterocycles. The number of aromatic nitrogens is 3. The molecule has 3 amide bonds. The predicted octanol–water partition coefficient (Wildman–Crippen LogP) is 4.31. The number of thioether (sulfide) groups is 1. The lowest BCUT2D eigenvalue weighted by atomic mass is 10.2. The maximum atomic E-state index is 12.4.